The van der Waals surface area contributed by atoms with Crippen LogP contribution in [0.25, 0.3) is 0 Å². The van der Waals surface area contributed by atoms with Crippen molar-refractivity contribution >= 4 is 23.7 Å². The molecule has 5 aliphatic rings. The van der Waals surface area contributed by atoms with Crippen LogP contribution in [0.2, 0.25) is 0 Å². The molecule has 13 heteroatoms. The molecule has 0 radical (unpaired) electrons. The first-order valence-corrected chi connectivity index (χ1v) is 18.0. The van der Waals surface area contributed by atoms with Crippen molar-refractivity contribution in [3.63, 3.8) is 0 Å². The highest BCUT2D eigenvalue weighted by Gasteiger charge is 2.62. The quantitative estimate of drug-likeness (QED) is 0.131. The van der Waals surface area contributed by atoms with Gasteiger partial charge < -0.3 is 24.1 Å². The fourth-order valence-corrected chi connectivity index (χ4v) is 8.32. The molecule has 278 valence electrons. The van der Waals surface area contributed by atoms with E-state index in [1.54, 1.807) is 37.3 Å². The number of Topliss-reactive ketones (excluding diaryl/α,β-unsaturated/α-hetero) is 1. The molecule has 2 saturated carbocycles. The predicted octanol–water partition coefficient (Wildman–Crippen LogP) is 6.97. The number of ketones is 1. The number of aliphatic hydroxyl groups is 1. The molecular formula is C37H48F4O9. The summed E-state index contributed by atoms with van der Waals surface area (Å²) in [7, 11) is 0. The number of hydrogen-bond acceptors (Lipinski definition) is 9. The van der Waals surface area contributed by atoms with Crippen molar-refractivity contribution in [1.82, 2.24) is 0 Å². The molecule has 9 atom stereocenters. The van der Waals surface area contributed by atoms with Crippen molar-refractivity contribution in [3.05, 3.63) is 35.9 Å². The second kappa shape index (κ2) is 15.7. The maximum Gasteiger partial charge on any atom is 0.338 e. The lowest BCUT2D eigenvalue weighted by atomic mass is 9.82. The van der Waals surface area contributed by atoms with Gasteiger partial charge in [-0.25, -0.2) is 13.6 Å². The Morgan fingerprint density at radius 2 is 1.50 bits per heavy atom. The fraction of sp³-hybridized carbons (Fsp3) is 0.730. The summed E-state index contributed by atoms with van der Waals surface area (Å²) in [5.74, 6) is -11.5. The normalized spacial score (nSPS) is 33.0. The van der Waals surface area contributed by atoms with Gasteiger partial charge in [0.05, 0.1) is 24.5 Å². The molecule has 0 bridgehead atoms. The molecule has 0 amide bonds. The van der Waals surface area contributed by atoms with Crippen molar-refractivity contribution in [3.8, 4) is 0 Å². The summed E-state index contributed by atoms with van der Waals surface area (Å²) < 4.78 is 78.1. The number of halogens is 4. The molecule has 1 N–H and O–H groups in total. The summed E-state index contributed by atoms with van der Waals surface area (Å²) in [6.07, 6.45) is 0.936. The van der Waals surface area contributed by atoms with Gasteiger partial charge in [0.2, 0.25) is 11.6 Å². The molecule has 6 rings (SSSR count). The van der Waals surface area contributed by atoms with Crippen LogP contribution >= 0.6 is 0 Å². The summed E-state index contributed by atoms with van der Waals surface area (Å²) in [5, 5.41) is 10.3. The highest BCUT2D eigenvalue weighted by molar-refractivity contribution is 5.89. The summed E-state index contributed by atoms with van der Waals surface area (Å²) >= 11 is 0. The number of carbonyl (C=O) groups excluding carboxylic acids is 4. The van der Waals surface area contributed by atoms with Gasteiger partial charge >= 0.3 is 29.8 Å². The first-order valence-electron chi connectivity index (χ1n) is 18.0. The first-order chi connectivity index (χ1) is 23.7. The zero-order valence-electron chi connectivity index (χ0n) is 28.6. The minimum Gasteiger partial charge on any atom is -0.462 e. The lowest BCUT2D eigenvalue weighted by molar-refractivity contribution is -0.356. The Hall–Kier alpha value is -3.06. The summed E-state index contributed by atoms with van der Waals surface area (Å²) in [5.41, 5.74) is 0.391. The van der Waals surface area contributed by atoms with Gasteiger partial charge in [0.15, 0.2) is 0 Å². The molecule has 0 aromatic heterocycles. The van der Waals surface area contributed by atoms with Crippen LogP contribution in [0.1, 0.15) is 114 Å². The van der Waals surface area contributed by atoms with E-state index in [9.17, 15) is 41.8 Å². The molecule has 5 fully saturated rings. The Balaban J connectivity index is 0.000000204. The van der Waals surface area contributed by atoms with E-state index >= 15 is 0 Å². The Morgan fingerprint density at radius 1 is 0.880 bits per heavy atom. The number of hydrogen-bond donors (Lipinski definition) is 1. The van der Waals surface area contributed by atoms with E-state index in [0.29, 0.717) is 50.5 Å². The third-order valence-corrected chi connectivity index (χ3v) is 11.1. The van der Waals surface area contributed by atoms with Gasteiger partial charge in [-0.3, -0.25) is 14.4 Å². The Bertz CT molecular complexity index is 1370. The van der Waals surface area contributed by atoms with E-state index in [1.807, 2.05) is 6.92 Å². The molecule has 3 saturated heterocycles. The van der Waals surface area contributed by atoms with Gasteiger partial charge in [0.1, 0.15) is 18.3 Å². The predicted molar refractivity (Wildman–Crippen MR) is 170 cm³/mol. The van der Waals surface area contributed by atoms with Crippen LogP contribution in [0, 0.1) is 23.7 Å². The van der Waals surface area contributed by atoms with Crippen LogP contribution in [-0.4, -0.2) is 70.8 Å². The molecule has 3 heterocycles. The second-order valence-electron chi connectivity index (χ2n) is 14.5. The largest absolute Gasteiger partial charge is 0.462 e. The summed E-state index contributed by atoms with van der Waals surface area (Å²) in [6.45, 7) is 3.63. The molecule has 0 spiro atoms. The maximum absolute atomic E-state index is 14.2. The number of rotatable bonds is 13. The first kappa shape index (κ1) is 38.2. The highest BCUT2D eigenvalue weighted by atomic mass is 19.3. The lowest BCUT2D eigenvalue weighted by Crippen LogP contribution is -2.56. The van der Waals surface area contributed by atoms with Crippen LogP contribution in [-0.2, 0) is 33.3 Å². The van der Waals surface area contributed by atoms with Crippen LogP contribution < -0.4 is 0 Å². The van der Waals surface area contributed by atoms with Crippen molar-refractivity contribution in [2.45, 2.75) is 146 Å². The number of alkyl halides is 4. The van der Waals surface area contributed by atoms with Crippen LogP contribution in [0.5, 0.6) is 0 Å². The SMILES string of the molecule is CCCCC(F)(F)C(=O)CC[C@H]1C(OC(=O)c2ccccc2)CC2OC(=O)CC21.CCCCC(F)(F)C1(O)CC[C@H]2C(CC3OC(=O)CC32)O1. The van der Waals surface area contributed by atoms with E-state index in [0.717, 1.165) is 0 Å². The molecular weight excluding hydrogens is 664 g/mol. The second-order valence-corrected chi connectivity index (χ2v) is 14.5. The molecule has 9 nitrogen and oxygen atoms in total. The lowest BCUT2D eigenvalue weighted by Gasteiger charge is -2.43. The number of unbranched alkanes of at least 4 members (excludes halogenated alkanes) is 2. The molecule has 50 heavy (non-hydrogen) atoms. The Kier molecular flexibility index (Phi) is 12.0. The smallest absolute Gasteiger partial charge is 0.338 e. The number of ether oxygens (including phenoxy) is 4. The van der Waals surface area contributed by atoms with Gasteiger partial charge in [-0.2, -0.15) is 8.78 Å². The van der Waals surface area contributed by atoms with Crippen molar-refractivity contribution in [2.75, 3.05) is 0 Å². The number of esters is 3. The fourth-order valence-electron chi connectivity index (χ4n) is 8.32. The van der Waals surface area contributed by atoms with E-state index < -0.39 is 54.1 Å². The van der Waals surface area contributed by atoms with Crippen molar-refractivity contribution < 1.29 is 60.8 Å². The summed E-state index contributed by atoms with van der Waals surface area (Å²) in [4.78, 5) is 47.5. The average molecular weight is 713 g/mol. The number of carbonyl (C=O) groups is 4. The number of benzene rings is 1. The maximum atomic E-state index is 14.2. The molecule has 7 unspecified atom stereocenters. The van der Waals surface area contributed by atoms with E-state index in [4.69, 9.17) is 18.9 Å². The van der Waals surface area contributed by atoms with Gasteiger partial charge in [0.25, 0.3) is 0 Å². The van der Waals surface area contributed by atoms with Gasteiger partial charge in [-0.1, -0.05) is 44.9 Å². The van der Waals surface area contributed by atoms with Gasteiger partial charge in [0, 0.05) is 56.3 Å². The zero-order valence-corrected chi connectivity index (χ0v) is 28.6. The minimum atomic E-state index is -3.34. The molecule has 1 aromatic carbocycles. The molecule has 1 aromatic rings. The Labute approximate surface area is 289 Å². The standard InChI is InChI=1S/C22H26F2O5.C15H22F2O4/c1-2-3-11-22(23,24)19(25)10-9-15-16-12-20(26)28-18(16)13-17(15)29-21(27)14-7-5-4-6-8-14;1-2-3-5-14(16,17)15(19)6-4-9-10-7-13(18)20-11(10)8-12(9)21-15/h4-8,15-18H,2-3,9-13H2,1H3;9-12,19H,2-8H2,1H3/t15-,16?,17?,18?;9-,10?,11?,12?,15?/m11/s1. The average Bonchev–Trinajstić information content (AvgIpc) is 3.80. The minimum absolute atomic E-state index is 0.0451. The van der Waals surface area contributed by atoms with E-state index in [2.05, 4.69) is 0 Å². The van der Waals surface area contributed by atoms with Crippen molar-refractivity contribution in [1.29, 1.82) is 0 Å². The van der Waals surface area contributed by atoms with Crippen LogP contribution in [0.15, 0.2) is 30.3 Å². The van der Waals surface area contributed by atoms with E-state index in [1.165, 1.54) is 0 Å². The van der Waals surface area contributed by atoms with Gasteiger partial charge in [-0.15, -0.1) is 0 Å². The van der Waals surface area contributed by atoms with Crippen LogP contribution in [0.4, 0.5) is 17.6 Å². The molecule has 2 aliphatic carbocycles. The summed E-state index contributed by atoms with van der Waals surface area (Å²) in [6, 6.07) is 8.48. The number of fused-ring (bicyclic) bond motifs is 4. The third kappa shape index (κ3) is 8.35. The zero-order chi connectivity index (χ0) is 36.3. The van der Waals surface area contributed by atoms with Crippen molar-refractivity contribution in [2.24, 2.45) is 23.7 Å². The third-order valence-electron chi connectivity index (χ3n) is 11.1. The topological polar surface area (TPSA) is 125 Å². The van der Waals surface area contributed by atoms with E-state index in [-0.39, 0.29) is 80.2 Å². The van der Waals surface area contributed by atoms with Gasteiger partial charge in [-0.05, 0) is 43.7 Å². The molecule has 3 aliphatic heterocycles. The Morgan fingerprint density at radius 3 is 2.16 bits per heavy atom. The highest BCUT2D eigenvalue weighted by Crippen LogP contribution is 2.52. The van der Waals surface area contributed by atoms with Crippen LogP contribution in [0.3, 0.4) is 0 Å². The monoisotopic (exact) mass is 712 g/mol.